The Morgan fingerprint density at radius 2 is 2.00 bits per heavy atom. The number of nitrogen functional groups attached to an aromatic ring is 1. The van der Waals surface area contributed by atoms with Crippen LogP contribution in [0.1, 0.15) is 10.4 Å². The predicted molar refractivity (Wildman–Crippen MR) is 61.8 cm³/mol. The Morgan fingerprint density at radius 3 is 2.65 bits per heavy atom. The van der Waals surface area contributed by atoms with Crippen LogP contribution < -0.4 is 5.73 Å². The molecule has 0 fully saturated rings. The van der Waals surface area contributed by atoms with Crippen molar-refractivity contribution >= 4 is 23.4 Å². The van der Waals surface area contributed by atoms with Crippen LogP contribution in [0.2, 0.25) is 0 Å². The fourth-order valence-corrected chi connectivity index (χ4v) is 1.89. The largest absolute Gasteiger partial charge is 0.478 e. The van der Waals surface area contributed by atoms with Gasteiger partial charge in [-0.05, 0) is 23.9 Å². The van der Waals surface area contributed by atoms with Crippen LogP contribution in [-0.4, -0.2) is 26.0 Å². The highest BCUT2D eigenvalue weighted by molar-refractivity contribution is 7.99. The topological polar surface area (TPSA) is 102 Å². The summed E-state index contributed by atoms with van der Waals surface area (Å²) in [6, 6.07) is 3.04. The molecule has 0 aliphatic rings. The van der Waals surface area contributed by atoms with E-state index >= 15 is 0 Å². The monoisotopic (exact) mass is 248 g/mol. The maximum Gasteiger partial charge on any atom is 0.338 e. The smallest absolute Gasteiger partial charge is 0.338 e. The number of anilines is 1. The molecule has 0 saturated heterocycles. The highest BCUT2D eigenvalue weighted by Gasteiger charge is 2.14. The van der Waals surface area contributed by atoms with Crippen molar-refractivity contribution in [3.05, 3.63) is 36.3 Å². The fraction of sp³-hybridized carbons (Fsp3) is 0. The number of carboxylic acids is 1. The lowest BCUT2D eigenvalue weighted by molar-refractivity contribution is 0.0692. The first-order valence-corrected chi connectivity index (χ1v) is 5.42. The summed E-state index contributed by atoms with van der Waals surface area (Å²) >= 11 is 1.08. The van der Waals surface area contributed by atoms with Crippen LogP contribution in [0.5, 0.6) is 0 Å². The van der Waals surface area contributed by atoms with E-state index in [-0.39, 0.29) is 5.56 Å². The van der Waals surface area contributed by atoms with Gasteiger partial charge in [0.05, 0.1) is 17.4 Å². The number of rotatable bonds is 3. The first kappa shape index (κ1) is 11.3. The van der Waals surface area contributed by atoms with Crippen LogP contribution >= 0.6 is 11.8 Å². The predicted octanol–water partition coefficient (Wildman–Crippen LogP) is 1.30. The van der Waals surface area contributed by atoms with Crippen molar-refractivity contribution in [2.45, 2.75) is 10.2 Å². The molecule has 0 aliphatic heterocycles. The van der Waals surface area contributed by atoms with Gasteiger partial charge >= 0.3 is 5.97 Å². The number of carboxylic acid groups (broad SMARTS) is 1. The second kappa shape index (κ2) is 4.79. The Bertz CT molecular complexity index is 547. The van der Waals surface area contributed by atoms with Crippen molar-refractivity contribution in [3.63, 3.8) is 0 Å². The molecule has 17 heavy (non-hydrogen) atoms. The summed E-state index contributed by atoms with van der Waals surface area (Å²) in [6.45, 7) is 0. The molecule has 6 nitrogen and oxygen atoms in total. The quantitative estimate of drug-likeness (QED) is 0.789. The Balaban J connectivity index is 2.36. The highest BCUT2D eigenvalue weighted by atomic mass is 32.2. The molecule has 86 valence electrons. The van der Waals surface area contributed by atoms with E-state index in [1.807, 2.05) is 0 Å². The van der Waals surface area contributed by atoms with Crippen molar-refractivity contribution in [2.24, 2.45) is 0 Å². The number of carbonyl (C=O) groups is 1. The summed E-state index contributed by atoms with van der Waals surface area (Å²) in [5, 5.41) is 9.77. The zero-order valence-corrected chi connectivity index (χ0v) is 9.39. The lowest BCUT2D eigenvalue weighted by Gasteiger charge is -2.04. The summed E-state index contributed by atoms with van der Waals surface area (Å²) in [5.74, 6) is -1.08. The number of nitrogens with two attached hydrogens (primary N) is 1. The van der Waals surface area contributed by atoms with Gasteiger partial charge in [-0.15, -0.1) is 0 Å². The maximum absolute atomic E-state index is 11.0. The zero-order valence-electron chi connectivity index (χ0n) is 8.57. The molecule has 7 heteroatoms. The molecule has 0 amide bonds. The molecule has 0 bridgehead atoms. The number of aromatic nitrogens is 3. The molecule has 0 radical (unpaired) electrons. The minimum Gasteiger partial charge on any atom is -0.478 e. The van der Waals surface area contributed by atoms with Gasteiger partial charge < -0.3 is 10.8 Å². The Labute approximate surface area is 101 Å². The minimum atomic E-state index is -1.08. The molecule has 0 aliphatic carbocycles. The van der Waals surface area contributed by atoms with Gasteiger partial charge in [0, 0.05) is 12.4 Å². The summed E-state index contributed by atoms with van der Waals surface area (Å²) in [6.07, 6.45) is 4.55. The lowest BCUT2D eigenvalue weighted by atomic mass is 10.3. The normalized spacial score (nSPS) is 10.1. The molecule has 2 heterocycles. The van der Waals surface area contributed by atoms with Crippen LogP contribution in [0.15, 0.2) is 40.9 Å². The summed E-state index contributed by atoms with van der Waals surface area (Å²) < 4.78 is 0. The second-order valence-electron chi connectivity index (χ2n) is 3.06. The van der Waals surface area contributed by atoms with Crippen LogP contribution in [-0.2, 0) is 0 Å². The van der Waals surface area contributed by atoms with E-state index < -0.39 is 5.97 Å². The SMILES string of the molecule is Nc1cnc(Sc2ncccn2)c(C(=O)O)c1. The molecular formula is C10H8N4O2S. The van der Waals surface area contributed by atoms with Gasteiger partial charge in [-0.2, -0.15) is 0 Å². The third-order valence-corrected chi connectivity index (χ3v) is 2.74. The van der Waals surface area contributed by atoms with E-state index in [4.69, 9.17) is 10.8 Å². The molecule has 2 aromatic heterocycles. The van der Waals surface area contributed by atoms with Gasteiger partial charge in [0.1, 0.15) is 5.03 Å². The number of hydrogen-bond donors (Lipinski definition) is 2. The van der Waals surface area contributed by atoms with E-state index in [1.54, 1.807) is 18.5 Å². The van der Waals surface area contributed by atoms with E-state index in [0.29, 0.717) is 15.9 Å². The average molecular weight is 248 g/mol. The Kier molecular flexibility index (Phi) is 3.20. The van der Waals surface area contributed by atoms with Gasteiger partial charge in [0.15, 0.2) is 5.16 Å². The van der Waals surface area contributed by atoms with Gasteiger partial charge in [0.25, 0.3) is 0 Å². The third kappa shape index (κ3) is 2.70. The molecule has 0 spiro atoms. The molecule has 3 N–H and O–H groups in total. The summed E-state index contributed by atoms with van der Waals surface area (Å²) in [4.78, 5) is 23.0. The van der Waals surface area contributed by atoms with Crippen LogP contribution in [0.25, 0.3) is 0 Å². The Morgan fingerprint density at radius 1 is 1.29 bits per heavy atom. The average Bonchev–Trinajstić information content (AvgIpc) is 2.32. The molecule has 0 unspecified atom stereocenters. The van der Waals surface area contributed by atoms with Gasteiger partial charge in [-0.1, -0.05) is 0 Å². The summed E-state index contributed by atoms with van der Waals surface area (Å²) in [5.41, 5.74) is 5.84. The van der Waals surface area contributed by atoms with Crippen molar-refractivity contribution in [2.75, 3.05) is 5.73 Å². The van der Waals surface area contributed by atoms with E-state index in [9.17, 15) is 4.79 Å². The standard InChI is InChI=1S/C10H8N4O2S/c11-6-4-7(9(15)16)8(14-5-6)17-10-12-2-1-3-13-10/h1-5H,11H2,(H,15,16). The van der Waals surface area contributed by atoms with Crippen LogP contribution in [0, 0.1) is 0 Å². The van der Waals surface area contributed by atoms with E-state index in [2.05, 4.69) is 15.0 Å². The van der Waals surface area contributed by atoms with Crippen molar-refractivity contribution in [1.29, 1.82) is 0 Å². The first-order valence-electron chi connectivity index (χ1n) is 4.60. The fourth-order valence-electron chi connectivity index (χ4n) is 1.13. The van der Waals surface area contributed by atoms with Crippen molar-refractivity contribution < 1.29 is 9.90 Å². The van der Waals surface area contributed by atoms with Gasteiger partial charge in [-0.3, -0.25) is 0 Å². The minimum absolute atomic E-state index is 0.0439. The molecular weight excluding hydrogens is 240 g/mol. The summed E-state index contributed by atoms with van der Waals surface area (Å²) in [7, 11) is 0. The first-order chi connectivity index (χ1) is 8.16. The molecule has 0 atom stereocenters. The van der Waals surface area contributed by atoms with Crippen molar-refractivity contribution in [1.82, 2.24) is 15.0 Å². The lowest BCUT2D eigenvalue weighted by Crippen LogP contribution is -2.03. The molecule has 0 saturated carbocycles. The van der Waals surface area contributed by atoms with Gasteiger partial charge in [0.2, 0.25) is 0 Å². The van der Waals surface area contributed by atoms with E-state index in [1.165, 1.54) is 12.3 Å². The Hall–Kier alpha value is -2.15. The highest BCUT2D eigenvalue weighted by Crippen LogP contribution is 2.26. The van der Waals surface area contributed by atoms with Crippen LogP contribution in [0.4, 0.5) is 5.69 Å². The molecule has 0 aromatic carbocycles. The van der Waals surface area contributed by atoms with Crippen LogP contribution in [0.3, 0.4) is 0 Å². The number of nitrogens with zero attached hydrogens (tertiary/aromatic N) is 3. The second-order valence-corrected chi connectivity index (χ2v) is 4.02. The molecule has 2 aromatic rings. The number of aromatic carboxylic acids is 1. The third-order valence-electron chi connectivity index (χ3n) is 1.83. The maximum atomic E-state index is 11.0. The zero-order chi connectivity index (χ0) is 12.3. The number of hydrogen-bond acceptors (Lipinski definition) is 6. The van der Waals surface area contributed by atoms with Gasteiger partial charge in [-0.25, -0.2) is 19.7 Å². The van der Waals surface area contributed by atoms with Crippen molar-refractivity contribution in [3.8, 4) is 0 Å². The number of pyridine rings is 1. The van der Waals surface area contributed by atoms with E-state index in [0.717, 1.165) is 11.8 Å². The molecule has 2 rings (SSSR count).